The van der Waals surface area contributed by atoms with Crippen molar-refractivity contribution in [2.24, 2.45) is 0 Å². The van der Waals surface area contributed by atoms with Crippen molar-refractivity contribution in [2.75, 3.05) is 18.4 Å². The first-order chi connectivity index (χ1) is 16.7. The van der Waals surface area contributed by atoms with E-state index in [0.717, 1.165) is 24.1 Å². The normalized spacial score (nSPS) is 11.3. The predicted molar refractivity (Wildman–Crippen MR) is 142 cm³/mol. The lowest BCUT2D eigenvalue weighted by Gasteiger charge is -2.22. The molecule has 2 aromatic carbocycles. The zero-order valence-electron chi connectivity index (χ0n) is 21.1. The van der Waals surface area contributed by atoms with Gasteiger partial charge in [0, 0.05) is 24.4 Å². The molecular weight excluding hydrogens is 460 g/mol. The Bertz CT molecular complexity index is 1140. The monoisotopic (exact) mass is 494 g/mol. The highest BCUT2D eigenvalue weighted by atomic mass is 35.5. The van der Waals surface area contributed by atoms with Crippen molar-refractivity contribution in [3.63, 3.8) is 0 Å². The number of aromatic nitrogens is 2. The summed E-state index contributed by atoms with van der Waals surface area (Å²) < 4.78 is 1.66. The van der Waals surface area contributed by atoms with Crippen LogP contribution in [0.5, 0.6) is 0 Å². The van der Waals surface area contributed by atoms with E-state index < -0.39 is 0 Å². The Kier molecular flexibility index (Phi) is 9.10. The highest BCUT2D eigenvalue weighted by Crippen LogP contribution is 2.29. The Morgan fingerprint density at radius 2 is 1.74 bits per heavy atom. The number of nitrogens with one attached hydrogen (secondary N) is 1. The minimum absolute atomic E-state index is 0.00776. The van der Waals surface area contributed by atoms with Gasteiger partial charge in [-0.25, -0.2) is 4.68 Å². The Balaban J connectivity index is 1.76. The van der Waals surface area contributed by atoms with Gasteiger partial charge in [0.15, 0.2) is 0 Å². The van der Waals surface area contributed by atoms with Crippen molar-refractivity contribution < 1.29 is 9.59 Å². The number of benzene rings is 2. The summed E-state index contributed by atoms with van der Waals surface area (Å²) in [5.74, 6) is 0.246. The average Bonchev–Trinajstić information content (AvgIpc) is 3.25. The number of hydrogen-bond donors (Lipinski definition) is 1. The van der Waals surface area contributed by atoms with Crippen LogP contribution in [-0.4, -0.2) is 39.6 Å². The average molecular weight is 495 g/mol. The molecule has 3 rings (SSSR count). The molecule has 186 valence electrons. The maximum absolute atomic E-state index is 13.1. The predicted octanol–water partition coefficient (Wildman–Crippen LogP) is 6.02. The molecule has 2 amide bonds. The van der Waals surface area contributed by atoms with Crippen LogP contribution < -0.4 is 5.32 Å². The van der Waals surface area contributed by atoms with Gasteiger partial charge >= 0.3 is 0 Å². The van der Waals surface area contributed by atoms with E-state index in [4.69, 9.17) is 16.7 Å². The van der Waals surface area contributed by atoms with Crippen LogP contribution in [-0.2, 0) is 21.4 Å². The quantitative estimate of drug-likeness (QED) is 0.374. The number of hydrogen-bond acceptors (Lipinski definition) is 3. The van der Waals surface area contributed by atoms with Gasteiger partial charge in [0.25, 0.3) is 0 Å². The minimum Gasteiger partial charge on any atom is -0.333 e. The van der Waals surface area contributed by atoms with E-state index in [2.05, 4.69) is 33.0 Å². The Morgan fingerprint density at radius 3 is 2.40 bits per heavy atom. The number of aryl methyl sites for hydroxylation is 1. The van der Waals surface area contributed by atoms with Crippen molar-refractivity contribution >= 4 is 29.2 Å². The second kappa shape index (κ2) is 12.0. The van der Waals surface area contributed by atoms with Crippen molar-refractivity contribution in [2.45, 2.75) is 58.8 Å². The van der Waals surface area contributed by atoms with Gasteiger partial charge in [-0.05, 0) is 30.5 Å². The van der Waals surface area contributed by atoms with E-state index in [-0.39, 0.29) is 23.8 Å². The van der Waals surface area contributed by atoms with Crippen LogP contribution in [0.2, 0.25) is 5.02 Å². The molecule has 0 atom stereocenters. The summed E-state index contributed by atoms with van der Waals surface area (Å²) in [6, 6.07) is 19.2. The highest BCUT2D eigenvalue weighted by molar-refractivity contribution is 6.32. The molecule has 1 heterocycles. The largest absolute Gasteiger partial charge is 0.333 e. The maximum Gasteiger partial charge on any atom is 0.245 e. The van der Waals surface area contributed by atoms with E-state index in [0.29, 0.717) is 35.9 Å². The molecule has 0 aliphatic carbocycles. The van der Waals surface area contributed by atoms with Gasteiger partial charge in [-0.15, -0.1) is 0 Å². The molecule has 0 spiro atoms. The van der Waals surface area contributed by atoms with Gasteiger partial charge in [-0.2, -0.15) is 5.10 Å². The van der Waals surface area contributed by atoms with Crippen LogP contribution in [0.1, 0.15) is 58.2 Å². The Labute approximate surface area is 213 Å². The molecule has 1 aromatic heterocycles. The van der Waals surface area contributed by atoms with Crippen molar-refractivity contribution in [1.82, 2.24) is 14.7 Å². The number of carbonyl (C=O) groups is 2. The fourth-order valence-corrected chi connectivity index (χ4v) is 3.91. The number of amides is 2. The van der Waals surface area contributed by atoms with Crippen molar-refractivity contribution in [1.29, 1.82) is 0 Å². The van der Waals surface area contributed by atoms with Gasteiger partial charge in [0.2, 0.25) is 11.8 Å². The standard InChI is InChI=1S/C28H35ClN4O2/c1-5-6-18-32(27(35)17-16-21-12-8-7-9-13-21)20-26(34)30-25-19-24(28(2,3)4)31-33(25)23-15-11-10-14-22(23)29/h7-15,19H,5-6,16-18,20H2,1-4H3,(H,30,34). The maximum atomic E-state index is 13.1. The van der Waals surface area contributed by atoms with Gasteiger partial charge in [-0.1, -0.05) is 88.2 Å². The fourth-order valence-electron chi connectivity index (χ4n) is 3.69. The van der Waals surface area contributed by atoms with E-state index in [1.54, 1.807) is 15.6 Å². The lowest BCUT2D eigenvalue weighted by atomic mass is 9.92. The third-order valence-electron chi connectivity index (χ3n) is 5.77. The summed E-state index contributed by atoms with van der Waals surface area (Å²) in [5, 5.41) is 8.24. The van der Waals surface area contributed by atoms with Crippen molar-refractivity contribution in [3.8, 4) is 5.69 Å². The fraction of sp³-hybridized carbons (Fsp3) is 0.393. The van der Waals surface area contributed by atoms with Crippen LogP contribution in [0, 0.1) is 0 Å². The molecule has 1 N–H and O–H groups in total. The zero-order chi connectivity index (χ0) is 25.4. The summed E-state index contributed by atoms with van der Waals surface area (Å²) in [4.78, 5) is 27.8. The molecular formula is C28H35ClN4O2. The van der Waals surface area contributed by atoms with Gasteiger partial charge in [0.1, 0.15) is 5.82 Å². The number of nitrogens with zero attached hydrogens (tertiary/aromatic N) is 3. The summed E-state index contributed by atoms with van der Waals surface area (Å²) >= 11 is 6.43. The molecule has 0 unspecified atom stereocenters. The smallest absolute Gasteiger partial charge is 0.245 e. The summed E-state index contributed by atoms with van der Waals surface area (Å²) in [6.45, 7) is 8.81. The number of anilines is 1. The summed E-state index contributed by atoms with van der Waals surface area (Å²) in [7, 11) is 0. The number of halogens is 1. The van der Waals surface area contributed by atoms with E-state index in [1.165, 1.54) is 0 Å². The first-order valence-electron chi connectivity index (χ1n) is 12.2. The lowest BCUT2D eigenvalue weighted by molar-refractivity contribution is -0.134. The zero-order valence-corrected chi connectivity index (χ0v) is 21.8. The Morgan fingerprint density at radius 1 is 1.06 bits per heavy atom. The number of para-hydroxylation sites is 1. The number of rotatable bonds is 10. The Hall–Kier alpha value is -3.12. The van der Waals surface area contributed by atoms with Crippen LogP contribution in [0.3, 0.4) is 0 Å². The van der Waals surface area contributed by atoms with Crippen molar-refractivity contribution in [3.05, 3.63) is 76.9 Å². The molecule has 0 fully saturated rings. The number of carbonyl (C=O) groups excluding carboxylic acids is 2. The topological polar surface area (TPSA) is 67.2 Å². The van der Waals surface area contributed by atoms with E-state index in [1.807, 2.05) is 54.6 Å². The van der Waals surface area contributed by atoms with Crippen LogP contribution in [0.25, 0.3) is 5.69 Å². The molecule has 0 saturated carbocycles. The SMILES string of the molecule is CCCCN(CC(=O)Nc1cc(C(C)(C)C)nn1-c1ccccc1Cl)C(=O)CCc1ccccc1. The first kappa shape index (κ1) is 26.5. The van der Waals surface area contributed by atoms with E-state index in [9.17, 15) is 9.59 Å². The van der Waals surface area contributed by atoms with E-state index >= 15 is 0 Å². The molecule has 0 radical (unpaired) electrons. The molecule has 35 heavy (non-hydrogen) atoms. The molecule has 6 nitrogen and oxygen atoms in total. The molecule has 0 bridgehead atoms. The molecule has 0 aliphatic heterocycles. The highest BCUT2D eigenvalue weighted by Gasteiger charge is 2.23. The summed E-state index contributed by atoms with van der Waals surface area (Å²) in [6.07, 6.45) is 2.80. The summed E-state index contributed by atoms with van der Waals surface area (Å²) in [5.41, 5.74) is 2.40. The molecule has 0 aliphatic rings. The third-order valence-corrected chi connectivity index (χ3v) is 6.08. The minimum atomic E-state index is -0.261. The third kappa shape index (κ3) is 7.43. The molecule has 7 heteroatoms. The van der Waals surface area contributed by atoms with Crippen LogP contribution in [0.15, 0.2) is 60.7 Å². The second-order valence-electron chi connectivity index (χ2n) is 9.73. The molecule has 0 saturated heterocycles. The van der Waals surface area contributed by atoms with Crippen LogP contribution in [0.4, 0.5) is 5.82 Å². The van der Waals surface area contributed by atoms with Gasteiger partial charge in [-0.3, -0.25) is 9.59 Å². The second-order valence-corrected chi connectivity index (χ2v) is 10.1. The van der Waals surface area contributed by atoms with Crippen LogP contribution >= 0.6 is 11.6 Å². The first-order valence-corrected chi connectivity index (χ1v) is 12.5. The van der Waals surface area contributed by atoms with Gasteiger partial charge < -0.3 is 10.2 Å². The van der Waals surface area contributed by atoms with Gasteiger partial charge in [0.05, 0.1) is 22.9 Å². The molecule has 3 aromatic rings. The lowest BCUT2D eigenvalue weighted by Crippen LogP contribution is -2.39. The number of unbranched alkanes of at least 4 members (excludes halogenated alkanes) is 1.